The number of aryl methyl sites for hydroxylation is 7. The molecule has 14 rings (SSSR count). The Hall–Kier alpha value is -11.0. The van der Waals surface area contributed by atoms with Crippen molar-refractivity contribution >= 4 is 77.7 Å². The Morgan fingerprint density at radius 1 is 0.338 bits per heavy atom. The topological polar surface area (TPSA) is 334 Å². The molecule has 4 N–H and O–H groups in total. The second-order valence-corrected chi connectivity index (χ2v) is 16.4. The number of benzene rings is 1. The molecule has 77 heavy (non-hydrogen) atoms. The Balaban J connectivity index is 0.000000119. The van der Waals surface area contributed by atoms with E-state index in [4.69, 9.17) is 13.3 Å². The van der Waals surface area contributed by atoms with Gasteiger partial charge >= 0.3 is 40.0 Å². The van der Waals surface area contributed by atoms with Gasteiger partial charge in [-0.25, -0.2) is 43.5 Å². The molecule has 13 aromatic heterocycles. The van der Waals surface area contributed by atoms with Crippen LogP contribution in [0.4, 0.5) is 0 Å². The van der Waals surface area contributed by atoms with Crippen molar-refractivity contribution in [2.24, 2.45) is 49.3 Å². The van der Waals surface area contributed by atoms with Gasteiger partial charge in [-0.15, -0.1) is 0 Å². The zero-order chi connectivity index (χ0) is 54.9. The molecule has 13 heterocycles. The highest BCUT2D eigenvalue weighted by Gasteiger charge is 2.07. The van der Waals surface area contributed by atoms with Gasteiger partial charge in [-0.2, -0.15) is 0 Å². The van der Waals surface area contributed by atoms with Crippen LogP contribution in [0.15, 0.2) is 182 Å². The molecule has 27 heteroatoms. The highest BCUT2D eigenvalue weighted by Crippen LogP contribution is 2.11. The molecule has 0 saturated carbocycles. The van der Waals surface area contributed by atoms with Gasteiger partial charge < -0.3 is 33.2 Å². The Morgan fingerprint density at radius 3 is 1.43 bits per heavy atom. The Bertz CT molecular complexity index is 3930. The van der Waals surface area contributed by atoms with Gasteiger partial charge in [-0.3, -0.25) is 51.9 Å². The molecular formula is C50H47N17O10. The number of nitrogens with zero attached hydrogens (tertiary/aromatic N) is 13. The third-order valence-corrected chi connectivity index (χ3v) is 11.6. The monoisotopic (exact) mass is 1050 g/mol. The van der Waals surface area contributed by atoms with Crippen LogP contribution in [0.25, 0.3) is 77.7 Å². The minimum absolute atomic E-state index is 0.0637. The highest BCUT2D eigenvalue weighted by molar-refractivity contribution is 5.76. The summed E-state index contributed by atoms with van der Waals surface area (Å²) < 4.78 is 24.9. The van der Waals surface area contributed by atoms with Crippen molar-refractivity contribution in [3.05, 3.63) is 208 Å². The van der Waals surface area contributed by atoms with Crippen LogP contribution in [0, 0.1) is 0 Å². The van der Waals surface area contributed by atoms with Gasteiger partial charge in [0.2, 0.25) is 5.71 Å². The van der Waals surface area contributed by atoms with Crippen molar-refractivity contribution in [3.8, 4) is 0 Å². The minimum Gasteiger partial charge on any atom is -0.408 e. The van der Waals surface area contributed by atoms with E-state index in [2.05, 4.69) is 49.8 Å². The summed E-state index contributed by atoms with van der Waals surface area (Å²) >= 11 is 0. The van der Waals surface area contributed by atoms with E-state index in [1.165, 1.54) is 29.0 Å². The first kappa shape index (κ1) is 52.3. The maximum Gasteiger partial charge on any atom is 0.421 e. The third-order valence-electron chi connectivity index (χ3n) is 11.6. The molecule has 392 valence electrons. The normalized spacial score (nSPS) is 10.6. The largest absolute Gasteiger partial charge is 0.421 e. The summed E-state index contributed by atoms with van der Waals surface area (Å²) in [5, 5.41) is 0. The average Bonchev–Trinajstić information content (AvgIpc) is 4.29. The van der Waals surface area contributed by atoms with E-state index in [1.807, 2.05) is 30.3 Å². The maximum atomic E-state index is 11.0. The lowest BCUT2D eigenvalue weighted by Crippen LogP contribution is -2.12. The quantitative estimate of drug-likeness (QED) is 0.169. The molecule has 0 unspecified atom stereocenters. The lowest BCUT2D eigenvalue weighted by molar-refractivity contribution is 0.520. The summed E-state index contributed by atoms with van der Waals surface area (Å²) in [6.07, 6.45) is 16.2. The number of nitrogens with one attached hydrogen (secondary N) is 4. The molecule has 1 aromatic carbocycles. The van der Waals surface area contributed by atoms with Crippen molar-refractivity contribution in [1.82, 2.24) is 81.8 Å². The van der Waals surface area contributed by atoms with E-state index < -0.39 is 0 Å². The highest BCUT2D eigenvalue weighted by atomic mass is 16.4. The third kappa shape index (κ3) is 11.5. The Kier molecular flexibility index (Phi) is 15.5. The van der Waals surface area contributed by atoms with Crippen molar-refractivity contribution in [3.63, 3.8) is 0 Å². The van der Waals surface area contributed by atoms with Gasteiger partial charge in [0.05, 0.1) is 68.9 Å². The molecule has 0 aliphatic carbocycles. The lowest BCUT2D eigenvalue weighted by Gasteiger charge is -1.89. The fourth-order valence-corrected chi connectivity index (χ4v) is 7.32. The minimum atomic E-state index is -0.376. The summed E-state index contributed by atoms with van der Waals surface area (Å²) in [5.74, 6) is -1.08. The molecule has 0 aliphatic heterocycles. The van der Waals surface area contributed by atoms with E-state index in [0.29, 0.717) is 22.5 Å². The van der Waals surface area contributed by atoms with Crippen LogP contribution in [-0.4, -0.2) is 81.8 Å². The molecular weight excluding hydrogens is 999 g/mol. The number of imidazole rings is 4. The van der Waals surface area contributed by atoms with Crippen LogP contribution in [0.3, 0.4) is 0 Å². The van der Waals surface area contributed by atoms with E-state index in [9.17, 15) is 33.6 Å². The fraction of sp³-hybridized carbons (Fsp3) is 0.140. The van der Waals surface area contributed by atoms with Crippen LogP contribution in [0.5, 0.6) is 0 Å². The van der Waals surface area contributed by atoms with Crippen molar-refractivity contribution in [1.29, 1.82) is 0 Å². The maximum absolute atomic E-state index is 11.0. The van der Waals surface area contributed by atoms with Gasteiger partial charge in [-0.05, 0) is 54.6 Å². The van der Waals surface area contributed by atoms with E-state index in [0.717, 1.165) is 55.2 Å². The molecule has 0 atom stereocenters. The lowest BCUT2D eigenvalue weighted by atomic mass is 10.3. The fourth-order valence-electron chi connectivity index (χ4n) is 7.32. The van der Waals surface area contributed by atoms with Crippen molar-refractivity contribution in [2.45, 2.75) is 0 Å². The number of pyridine rings is 6. The molecule has 0 spiro atoms. The zero-order valence-electron chi connectivity index (χ0n) is 42.1. The second kappa shape index (κ2) is 22.8. The number of rotatable bonds is 0. The van der Waals surface area contributed by atoms with Gasteiger partial charge in [0, 0.05) is 92.6 Å². The number of hydrogen-bond acceptors (Lipinski definition) is 16. The first-order valence-corrected chi connectivity index (χ1v) is 22.8. The summed E-state index contributed by atoms with van der Waals surface area (Å²) in [6.45, 7) is 0. The van der Waals surface area contributed by atoms with Crippen LogP contribution in [-0.2, 0) is 49.3 Å². The predicted molar refractivity (Wildman–Crippen MR) is 285 cm³/mol. The molecule has 0 aliphatic rings. The first-order chi connectivity index (χ1) is 37.0. The summed E-state index contributed by atoms with van der Waals surface area (Å²) in [4.78, 5) is 111. The average molecular weight is 1050 g/mol. The predicted octanol–water partition coefficient (Wildman–Crippen LogP) is 3.23. The summed E-state index contributed by atoms with van der Waals surface area (Å²) in [6, 6.07) is 21.7. The summed E-state index contributed by atoms with van der Waals surface area (Å²) in [5.41, 5.74) is 9.92. The molecule has 14 aromatic rings. The number of H-pyrrole nitrogens is 4. The smallest absolute Gasteiger partial charge is 0.408 e. The van der Waals surface area contributed by atoms with Gasteiger partial charge in [0.15, 0.2) is 16.8 Å². The molecule has 0 saturated heterocycles. The number of aromatic amines is 4. The SMILES string of the molecule is Cn1c(=O)[nH]c2ccccc21.Cn1c(=O)[nH]c2cccnc21.Cn1c(=O)[nH]c2ccncc21.Cn1c(=O)[nH]c2cnccc21.Cn1c(=O)oc2ccncc21.Cn1c(=O)oc2cnccc21.Cn1c(=O)oc2ncccc21. The molecule has 0 fully saturated rings. The van der Waals surface area contributed by atoms with Crippen LogP contribution >= 0.6 is 0 Å². The first-order valence-electron chi connectivity index (χ1n) is 22.8. The second-order valence-electron chi connectivity index (χ2n) is 16.4. The van der Waals surface area contributed by atoms with E-state index >= 15 is 0 Å². The summed E-state index contributed by atoms with van der Waals surface area (Å²) in [7, 11) is 11.8. The number of aromatic nitrogens is 17. The standard InChI is InChI=1S/C8H8N2O.3C7H7N3O.3C7H6N2O2/c1-10-7-5-3-2-4-6(7)9-8(10)11;1-10-6-2-3-8-4-5(6)9-7(10)11;1-10-6-4-8-3-2-5(6)9-7(10)11;1-10-6-5(9-7(10)11)3-2-4-8-6;1-9-5-4-8-3-2-6(5)11-7(9)10;1-9-5-2-3-8-4-6(5)11-7(9)10;1-9-5-3-2-4-8-6(5)11-7(9)10/h2-5H,1H3,(H,9,11);3*2-4H,1H3,(H,9,11);3*2-4H,1H3. The molecule has 0 bridgehead atoms. The van der Waals surface area contributed by atoms with Crippen LogP contribution in [0.2, 0.25) is 0 Å². The van der Waals surface area contributed by atoms with E-state index in [1.54, 1.807) is 157 Å². The number of hydrogen-bond donors (Lipinski definition) is 4. The number of oxazole rings is 3. The van der Waals surface area contributed by atoms with Gasteiger partial charge in [0.1, 0.15) is 11.0 Å². The van der Waals surface area contributed by atoms with Gasteiger partial charge in [0.25, 0.3) is 0 Å². The number of fused-ring (bicyclic) bond motifs is 7. The molecule has 0 radical (unpaired) electrons. The van der Waals surface area contributed by atoms with Crippen molar-refractivity contribution in [2.75, 3.05) is 0 Å². The van der Waals surface area contributed by atoms with Crippen LogP contribution < -0.4 is 40.0 Å². The van der Waals surface area contributed by atoms with Gasteiger partial charge in [-0.1, -0.05) is 12.1 Å². The van der Waals surface area contributed by atoms with Crippen molar-refractivity contribution < 1.29 is 13.3 Å². The zero-order valence-corrected chi connectivity index (χ0v) is 42.1. The molecule has 0 amide bonds. The van der Waals surface area contributed by atoms with Crippen LogP contribution in [0.1, 0.15) is 0 Å². The molecule has 27 nitrogen and oxygen atoms in total. The van der Waals surface area contributed by atoms with E-state index in [-0.39, 0.29) is 40.0 Å². The number of para-hydroxylation sites is 2. The Morgan fingerprint density at radius 2 is 0.792 bits per heavy atom. The Labute approximate surface area is 429 Å².